The van der Waals surface area contributed by atoms with Crippen LogP contribution in [0.1, 0.15) is 25.0 Å². The van der Waals surface area contributed by atoms with Gasteiger partial charge in [-0.15, -0.1) is 23.7 Å². The van der Waals surface area contributed by atoms with Crippen LogP contribution in [0.5, 0.6) is 0 Å². The standard InChI is InChI=1S/C13H20N4OS.ClH/c1-9-8-19-13(14-9)16-12(18)7-17-5-4-10-2-3-11(6-17)15-10;/h8,10-11,15H,2-7H2,1H3,(H,14,16,18);1H. The van der Waals surface area contributed by atoms with Crippen molar-refractivity contribution < 1.29 is 4.79 Å². The highest BCUT2D eigenvalue weighted by molar-refractivity contribution is 7.13. The summed E-state index contributed by atoms with van der Waals surface area (Å²) < 4.78 is 0. The van der Waals surface area contributed by atoms with Crippen LogP contribution in [-0.2, 0) is 4.79 Å². The second-order valence-electron chi connectivity index (χ2n) is 5.50. The smallest absolute Gasteiger partial charge is 0.240 e. The predicted octanol–water partition coefficient (Wildman–Crippen LogP) is 1.64. The van der Waals surface area contributed by atoms with E-state index in [9.17, 15) is 4.79 Å². The third-order valence-electron chi connectivity index (χ3n) is 3.84. The molecule has 0 aromatic carbocycles. The first-order chi connectivity index (χ1) is 9.19. The summed E-state index contributed by atoms with van der Waals surface area (Å²) in [4.78, 5) is 18.5. The van der Waals surface area contributed by atoms with Gasteiger partial charge in [-0.1, -0.05) is 0 Å². The van der Waals surface area contributed by atoms with Gasteiger partial charge in [-0.25, -0.2) is 4.98 Å². The number of halogens is 1. The number of nitrogens with zero attached hydrogens (tertiary/aromatic N) is 2. The molecule has 0 spiro atoms. The number of carbonyl (C=O) groups is 1. The molecule has 1 aromatic heterocycles. The summed E-state index contributed by atoms with van der Waals surface area (Å²) >= 11 is 1.48. The maximum absolute atomic E-state index is 12.0. The predicted molar refractivity (Wildman–Crippen MR) is 83.7 cm³/mol. The van der Waals surface area contributed by atoms with Crippen LogP contribution in [0, 0.1) is 6.92 Å². The third kappa shape index (κ3) is 3.91. The Kier molecular flexibility index (Phi) is 5.37. The van der Waals surface area contributed by atoms with Gasteiger partial charge in [0.1, 0.15) is 0 Å². The van der Waals surface area contributed by atoms with E-state index in [0.717, 1.165) is 25.2 Å². The minimum absolute atomic E-state index is 0. The van der Waals surface area contributed by atoms with E-state index < -0.39 is 0 Å². The molecule has 0 aliphatic carbocycles. The molecule has 7 heteroatoms. The van der Waals surface area contributed by atoms with E-state index in [2.05, 4.69) is 20.5 Å². The minimum atomic E-state index is 0. The SMILES string of the molecule is Cc1csc(NC(=O)CN2CCC3CCC(C2)N3)n1.Cl. The first-order valence-electron chi connectivity index (χ1n) is 6.89. The van der Waals surface area contributed by atoms with Crippen molar-refractivity contribution in [1.82, 2.24) is 15.2 Å². The van der Waals surface area contributed by atoms with Crippen LogP contribution < -0.4 is 10.6 Å². The van der Waals surface area contributed by atoms with E-state index in [1.54, 1.807) is 0 Å². The molecular weight excluding hydrogens is 296 g/mol. The summed E-state index contributed by atoms with van der Waals surface area (Å²) in [5, 5.41) is 9.16. The normalized spacial score (nSPS) is 25.9. The largest absolute Gasteiger partial charge is 0.310 e. The number of nitrogens with one attached hydrogen (secondary N) is 2. The van der Waals surface area contributed by atoms with E-state index in [-0.39, 0.29) is 18.3 Å². The Morgan fingerprint density at radius 2 is 2.30 bits per heavy atom. The fraction of sp³-hybridized carbons (Fsp3) is 0.692. The van der Waals surface area contributed by atoms with Gasteiger partial charge < -0.3 is 10.6 Å². The van der Waals surface area contributed by atoms with Gasteiger partial charge in [0.25, 0.3) is 0 Å². The number of rotatable bonds is 3. The van der Waals surface area contributed by atoms with E-state index >= 15 is 0 Å². The van der Waals surface area contributed by atoms with Crippen molar-refractivity contribution in [3.63, 3.8) is 0 Å². The summed E-state index contributed by atoms with van der Waals surface area (Å²) in [5.41, 5.74) is 0.955. The fourth-order valence-electron chi connectivity index (χ4n) is 2.93. The molecule has 1 amide bonds. The lowest BCUT2D eigenvalue weighted by atomic mass is 10.1. The van der Waals surface area contributed by atoms with Gasteiger partial charge in [-0.3, -0.25) is 9.69 Å². The van der Waals surface area contributed by atoms with E-state index in [1.807, 2.05) is 12.3 Å². The number of fused-ring (bicyclic) bond motifs is 2. The molecule has 5 nitrogen and oxygen atoms in total. The molecule has 2 fully saturated rings. The molecule has 2 aliphatic rings. The molecule has 3 heterocycles. The van der Waals surface area contributed by atoms with Crippen LogP contribution in [0.4, 0.5) is 5.13 Å². The highest BCUT2D eigenvalue weighted by Gasteiger charge is 2.29. The van der Waals surface area contributed by atoms with Crippen LogP contribution in [0.2, 0.25) is 0 Å². The van der Waals surface area contributed by atoms with Crippen molar-refractivity contribution in [2.24, 2.45) is 0 Å². The van der Waals surface area contributed by atoms with Crippen molar-refractivity contribution in [3.8, 4) is 0 Å². The summed E-state index contributed by atoms with van der Waals surface area (Å²) in [6.07, 6.45) is 3.69. The number of carbonyl (C=O) groups excluding carboxylic acids is 1. The number of aryl methyl sites for hydroxylation is 1. The van der Waals surface area contributed by atoms with Gasteiger partial charge in [0, 0.05) is 30.6 Å². The van der Waals surface area contributed by atoms with E-state index in [1.165, 1.54) is 24.2 Å². The Morgan fingerprint density at radius 3 is 3.05 bits per heavy atom. The Hall–Kier alpha value is -0.690. The molecular formula is C13H21ClN4OS. The molecule has 112 valence electrons. The highest BCUT2D eigenvalue weighted by Crippen LogP contribution is 2.20. The van der Waals surface area contributed by atoms with Gasteiger partial charge >= 0.3 is 0 Å². The molecule has 2 unspecified atom stereocenters. The fourth-order valence-corrected chi connectivity index (χ4v) is 3.64. The highest BCUT2D eigenvalue weighted by atomic mass is 35.5. The van der Waals surface area contributed by atoms with Crippen LogP contribution in [0.25, 0.3) is 0 Å². The summed E-state index contributed by atoms with van der Waals surface area (Å²) in [5.74, 6) is 0.0483. The first kappa shape index (κ1) is 15.7. The minimum Gasteiger partial charge on any atom is -0.310 e. The van der Waals surface area contributed by atoms with Gasteiger partial charge in [0.05, 0.1) is 12.2 Å². The van der Waals surface area contributed by atoms with E-state index in [0.29, 0.717) is 23.8 Å². The second kappa shape index (κ2) is 6.85. The topological polar surface area (TPSA) is 57.3 Å². The molecule has 20 heavy (non-hydrogen) atoms. The zero-order valence-electron chi connectivity index (χ0n) is 11.6. The number of amides is 1. The Labute approximate surface area is 129 Å². The van der Waals surface area contributed by atoms with Crippen molar-refractivity contribution in [2.45, 2.75) is 38.3 Å². The van der Waals surface area contributed by atoms with Crippen molar-refractivity contribution in [3.05, 3.63) is 11.1 Å². The van der Waals surface area contributed by atoms with Gasteiger partial charge in [0.2, 0.25) is 5.91 Å². The molecule has 2 N–H and O–H groups in total. The Balaban J connectivity index is 0.00000147. The Morgan fingerprint density at radius 1 is 1.50 bits per heavy atom. The number of aromatic nitrogens is 1. The molecule has 2 aliphatic heterocycles. The number of thiazole rings is 1. The van der Waals surface area contributed by atoms with Crippen molar-refractivity contribution in [1.29, 1.82) is 0 Å². The Bertz CT molecular complexity index is 467. The van der Waals surface area contributed by atoms with Gasteiger partial charge in [0.15, 0.2) is 5.13 Å². The van der Waals surface area contributed by atoms with Crippen molar-refractivity contribution >= 4 is 34.8 Å². The number of likely N-dealkylation sites (tertiary alicyclic amines) is 1. The number of hydrogen-bond donors (Lipinski definition) is 2. The lowest BCUT2D eigenvalue weighted by Crippen LogP contribution is -2.39. The van der Waals surface area contributed by atoms with Gasteiger partial charge in [-0.2, -0.15) is 0 Å². The number of hydrogen-bond acceptors (Lipinski definition) is 5. The molecule has 0 saturated carbocycles. The summed E-state index contributed by atoms with van der Waals surface area (Å²) in [6.45, 7) is 4.41. The van der Waals surface area contributed by atoms with Gasteiger partial charge in [-0.05, 0) is 26.2 Å². The molecule has 2 saturated heterocycles. The maximum Gasteiger partial charge on any atom is 0.240 e. The van der Waals surface area contributed by atoms with Crippen LogP contribution in [-0.4, -0.2) is 47.5 Å². The zero-order valence-corrected chi connectivity index (χ0v) is 13.2. The lowest BCUT2D eigenvalue weighted by Gasteiger charge is -2.22. The molecule has 1 aromatic rings. The third-order valence-corrected chi connectivity index (χ3v) is 4.72. The molecule has 0 radical (unpaired) electrons. The summed E-state index contributed by atoms with van der Waals surface area (Å²) in [7, 11) is 0. The average Bonchev–Trinajstić information content (AvgIpc) is 2.89. The van der Waals surface area contributed by atoms with Crippen molar-refractivity contribution in [2.75, 3.05) is 25.0 Å². The average molecular weight is 317 g/mol. The van der Waals surface area contributed by atoms with Crippen LogP contribution >= 0.6 is 23.7 Å². The van der Waals surface area contributed by atoms with Crippen LogP contribution in [0.3, 0.4) is 0 Å². The quantitative estimate of drug-likeness (QED) is 0.890. The second-order valence-corrected chi connectivity index (χ2v) is 6.36. The molecule has 3 rings (SSSR count). The van der Waals surface area contributed by atoms with E-state index in [4.69, 9.17) is 0 Å². The molecule has 2 atom stereocenters. The van der Waals surface area contributed by atoms with Crippen LogP contribution in [0.15, 0.2) is 5.38 Å². The maximum atomic E-state index is 12.0. The summed E-state index contributed by atoms with van der Waals surface area (Å²) in [6, 6.07) is 1.24. The lowest BCUT2D eigenvalue weighted by molar-refractivity contribution is -0.117. The first-order valence-corrected chi connectivity index (χ1v) is 7.77. The number of anilines is 1. The monoisotopic (exact) mass is 316 g/mol. The zero-order chi connectivity index (χ0) is 13.2. The molecule has 2 bridgehead atoms.